The van der Waals surface area contributed by atoms with Gasteiger partial charge >= 0.3 is 0 Å². The molecule has 4 aliphatic carbocycles. The van der Waals surface area contributed by atoms with Crippen LogP contribution in [0.2, 0.25) is 0 Å². The molecule has 4 saturated carbocycles. The van der Waals surface area contributed by atoms with Crippen LogP contribution in [0, 0.1) is 23.2 Å². The summed E-state index contributed by atoms with van der Waals surface area (Å²) in [5.41, 5.74) is 1.55. The van der Waals surface area contributed by atoms with Crippen LogP contribution in [0.1, 0.15) is 38.5 Å². The predicted octanol–water partition coefficient (Wildman–Crippen LogP) is 4.05. The van der Waals surface area contributed by atoms with Gasteiger partial charge in [0.2, 0.25) is 5.91 Å². The number of nitrogens with one attached hydrogen (secondary N) is 1. The Balaban J connectivity index is 1.48. The highest BCUT2D eigenvalue weighted by molar-refractivity contribution is 6.06. The van der Waals surface area contributed by atoms with Gasteiger partial charge in [-0.05, 0) is 68.4 Å². The lowest BCUT2D eigenvalue weighted by atomic mass is 9.49. The molecule has 132 valence electrons. The van der Waals surface area contributed by atoms with Crippen molar-refractivity contribution in [3.05, 3.63) is 18.2 Å². The minimum Gasteiger partial charge on any atom is -0.377 e. The fraction of sp³-hybridized carbons (Fsp3) is 0.600. The Morgan fingerprint density at radius 3 is 2.40 bits per heavy atom. The number of carbonyl (C=O) groups excluding carboxylic acids is 1. The van der Waals surface area contributed by atoms with Crippen LogP contribution >= 0.6 is 0 Å². The zero-order valence-corrected chi connectivity index (χ0v) is 14.9. The van der Waals surface area contributed by atoms with E-state index in [2.05, 4.69) is 10.5 Å². The van der Waals surface area contributed by atoms with E-state index in [0.29, 0.717) is 11.4 Å². The summed E-state index contributed by atoms with van der Waals surface area (Å²) in [6, 6.07) is 5.88. The second-order valence-electron chi connectivity index (χ2n) is 8.73. The fourth-order valence-electron chi connectivity index (χ4n) is 6.06. The normalized spacial score (nSPS) is 33.0. The molecule has 5 nitrogen and oxygen atoms in total. The number of aromatic nitrogens is 1. The molecule has 0 aliphatic heterocycles. The van der Waals surface area contributed by atoms with Crippen molar-refractivity contribution in [3.63, 3.8) is 0 Å². The summed E-state index contributed by atoms with van der Waals surface area (Å²) in [7, 11) is 3.99. The molecule has 6 rings (SSSR count). The smallest absolute Gasteiger partial charge is 0.231 e. The van der Waals surface area contributed by atoms with E-state index in [4.69, 9.17) is 4.52 Å². The first-order valence-electron chi connectivity index (χ1n) is 9.41. The average Bonchev–Trinajstić information content (AvgIpc) is 2.96. The standard InChI is InChI=1S/C20H25N3O2/c1-23(2)15-4-3-5-16-17(15)18(22-25-16)21-19(24)20-9-12-6-13(10-20)8-14(7-12)11-20/h3-5,12-14H,6-11H2,1-2H3,(H,21,22,24). The molecule has 1 heterocycles. The van der Waals surface area contributed by atoms with Crippen LogP contribution in [0.25, 0.3) is 11.0 Å². The van der Waals surface area contributed by atoms with Gasteiger partial charge in [-0.2, -0.15) is 0 Å². The minimum absolute atomic E-state index is 0.162. The van der Waals surface area contributed by atoms with E-state index >= 15 is 0 Å². The van der Waals surface area contributed by atoms with E-state index < -0.39 is 0 Å². The van der Waals surface area contributed by atoms with Crippen molar-refractivity contribution in [1.29, 1.82) is 0 Å². The number of anilines is 2. The lowest BCUT2D eigenvalue weighted by molar-refractivity contribution is -0.140. The molecule has 4 fully saturated rings. The molecule has 0 saturated heterocycles. The predicted molar refractivity (Wildman–Crippen MR) is 97.6 cm³/mol. The summed E-state index contributed by atoms with van der Waals surface area (Å²) in [4.78, 5) is 15.3. The average molecular weight is 339 g/mol. The first kappa shape index (κ1) is 15.2. The number of fused-ring (bicyclic) bond motifs is 1. The van der Waals surface area contributed by atoms with Gasteiger partial charge in [-0.15, -0.1) is 0 Å². The number of nitrogens with zero attached hydrogens (tertiary/aromatic N) is 2. The molecule has 0 atom stereocenters. The summed E-state index contributed by atoms with van der Waals surface area (Å²) in [6.45, 7) is 0. The van der Waals surface area contributed by atoms with Crippen LogP contribution in [-0.4, -0.2) is 25.2 Å². The quantitative estimate of drug-likeness (QED) is 0.916. The highest BCUT2D eigenvalue weighted by Crippen LogP contribution is 2.60. The third kappa shape index (κ3) is 2.28. The highest BCUT2D eigenvalue weighted by atomic mass is 16.5. The Kier molecular flexibility index (Phi) is 3.19. The molecule has 2 aromatic rings. The summed E-state index contributed by atoms with van der Waals surface area (Å²) < 4.78 is 5.47. The van der Waals surface area contributed by atoms with Crippen LogP contribution in [0.5, 0.6) is 0 Å². The van der Waals surface area contributed by atoms with E-state index in [9.17, 15) is 4.79 Å². The molecule has 0 radical (unpaired) electrons. The van der Waals surface area contributed by atoms with Crippen molar-refractivity contribution < 1.29 is 9.32 Å². The van der Waals surface area contributed by atoms with Gasteiger partial charge in [0.15, 0.2) is 11.4 Å². The molecule has 5 heteroatoms. The van der Waals surface area contributed by atoms with Gasteiger partial charge in [0.05, 0.1) is 16.5 Å². The second kappa shape index (κ2) is 5.23. The van der Waals surface area contributed by atoms with Crippen LogP contribution in [0.4, 0.5) is 11.5 Å². The van der Waals surface area contributed by atoms with Gasteiger partial charge in [0.1, 0.15) is 0 Å². The van der Waals surface area contributed by atoms with Gasteiger partial charge in [0.25, 0.3) is 0 Å². The van der Waals surface area contributed by atoms with E-state index in [1.54, 1.807) is 0 Å². The van der Waals surface area contributed by atoms with Crippen LogP contribution in [0.3, 0.4) is 0 Å². The summed E-state index contributed by atoms with van der Waals surface area (Å²) in [6.07, 6.45) is 7.18. The van der Waals surface area contributed by atoms with Gasteiger partial charge in [-0.25, -0.2) is 0 Å². The SMILES string of the molecule is CN(C)c1cccc2onc(NC(=O)C34CC5CC(CC(C5)C3)C4)c12. The van der Waals surface area contributed by atoms with Crippen molar-refractivity contribution in [2.24, 2.45) is 23.2 Å². The summed E-state index contributed by atoms with van der Waals surface area (Å²) in [5.74, 6) is 2.99. The molecule has 4 aliphatic rings. The lowest BCUT2D eigenvalue weighted by Gasteiger charge is -2.55. The first-order chi connectivity index (χ1) is 12.0. The maximum atomic E-state index is 13.3. The van der Waals surface area contributed by atoms with Crippen molar-refractivity contribution in [2.45, 2.75) is 38.5 Å². The van der Waals surface area contributed by atoms with Gasteiger partial charge < -0.3 is 14.7 Å². The Hall–Kier alpha value is -2.04. The molecular weight excluding hydrogens is 314 g/mol. The topological polar surface area (TPSA) is 58.4 Å². The van der Waals surface area contributed by atoms with Crippen LogP contribution in [-0.2, 0) is 4.79 Å². The number of hydrogen-bond donors (Lipinski definition) is 1. The Labute approximate surface area is 147 Å². The number of benzene rings is 1. The highest BCUT2D eigenvalue weighted by Gasteiger charge is 2.54. The lowest BCUT2D eigenvalue weighted by Crippen LogP contribution is -2.51. The van der Waals surface area contributed by atoms with Gasteiger partial charge in [-0.3, -0.25) is 4.79 Å². The largest absolute Gasteiger partial charge is 0.377 e. The third-order valence-corrected chi connectivity index (χ3v) is 6.71. The van der Waals surface area contributed by atoms with E-state index in [0.717, 1.165) is 48.1 Å². The monoisotopic (exact) mass is 339 g/mol. The summed E-state index contributed by atoms with van der Waals surface area (Å²) >= 11 is 0. The Morgan fingerprint density at radius 2 is 1.80 bits per heavy atom. The Bertz CT molecular complexity index is 803. The molecule has 0 unspecified atom stereocenters. The molecule has 0 spiro atoms. The van der Waals surface area contributed by atoms with Crippen molar-refractivity contribution in [1.82, 2.24) is 5.16 Å². The third-order valence-electron chi connectivity index (χ3n) is 6.71. The first-order valence-corrected chi connectivity index (χ1v) is 9.41. The summed E-state index contributed by atoms with van der Waals surface area (Å²) in [5, 5.41) is 8.21. The second-order valence-corrected chi connectivity index (χ2v) is 8.73. The van der Waals surface area contributed by atoms with Crippen molar-refractivity contribution >= 4 is 28.4 Å². The molecule has 25 heavy (non-hydrogen) atoms. The number of hydrogen-bond acceptors (Lipinski definition) is 4. The number of rotatable bonds is 3. The minimum atomic E-state index is -0.174. The molecular formula is C20H25N3O2. The van der Waals surface area contributed by atoms with E-state index in [-0.39, 0.29) is 11.3 Å². The number of amides is 1. The fourth-order valence-corrected chi connectivity index (χ4v) is 6.06. The van der Waals surface area contributed by atoms with Crippen LogP contribution < -0.4 is 10.2 Å². The molecule has 1 aromatic heterocycles. The zero-order chi connectivity index (χ0) is 17.2. The molecule has 1 N–H and O–H groups in total. The van der Waals surface area contributed by atoms with E-state index in [1.807, 2.05) is 37.2 Å². The van der Waals surface area contributed by atoms with E-state index in [1.165, 1.54) is 19.3 Å². The maximum absolute atomic E-state index is 13.3. The van der Waals surface area contributed by atoms with Crippen molar-refractivity contribution in [3.8, 4) is 0 Å². The van der Waals surface area contributed by atoms with Crippen LogP contribution in [0.15, 0.2) is 22.7 Å². The zero-order valence-electron chi connectivity index (χ0n) is 14.9. The molecule has 1 aromatic carbocycles. The van der Waals surface area contributed by atoms with Gasteiger partial charge in [-0.1, -0.05) is 11.2 Å². The molecule has 1 amide bonds. The van der Waals surface area contributed by atoms with Gasteiger partial charge in [0, 0.05) is 14.1 Å². The Morgan fingerprint density at radius 1 is 1.16 bits per heavy atom. The molecule has 4 bridgehead atoms. The van der Waals surface area contributed by atoms with Crippen molar-refractivity contribution in [2.75, 3.05) is 24.3 Å². The number of carbonyl (C=O) groups is 1. The maximum Gasteiger partial charge on any atom is 0.231 e.